The predicted octanol–water partition coefficient (Wildman–Crippen LogP) is 3.25. The molecule has 1 saturated heterocycles. The Morgan fingerprint density at radius 1 is 1.50 bits per heavy atom. The largest absolute Gasteiger partial charge is 0.329 e. The first-order valence-electron chi connectivity index (χ1n) is 5.44. The quantitative estimate of drug-likeness (QED) is 0.902. The highest BCUT2D eigenvalue weighted by atomic mass is 35.5. The van der Waals surface area contributed by atoms with Crippen LogP contribution in [0.2, 0.25) is 5.02 Å². The van der Waals surface area contributed by atoms with E-state index in [1.165, 1.54) is 12.5 Å². The minimum absolute atomic E-state index is 0.0669. The van der Waals surface area contributed by atoms with E-state index in [1.807, 2.05) is 17.8 Å². The van der Waals surface area contributed by atoms with Crippen LogP contribution in [-0.4, -0.2) is 17.0 Å². The molecule has 1 aliphatic heterocycles. The molecule has 4 heteroatoms. The van der Waals surface area contributed by atoms with Crippen LogP contribution in [0.15, 0.2) is 18.2 Å². The number of rotatable bonds is 3. The molecule has 1 nitrogen and oxygen atoms in total. The first kappa shape index (κ1) is 12.2. The fourth-order valence-electron chi connectivity index (χ4n) is 2.16. The molecule has 1 heterocycles. The summed E-state index contributed by atoms with van der Waals surface area (Å²) >= 11 is 7.86. The van der Waals surface area contributed by atoms with Gasteiger partial charge < -0.3 is 5.73 Å². The Labute approximate surface area is 105 Å². The van der Waals surface area contributed by atoms with Crippen molar-refractivity contribution in [3.63, 3.8) is 0 Å². The Kier molecular flexibility index (Phi) is 3.77. The molecule has 0 amide bonds. The van der Waals surface area contributed by atoms with E-state index >= 15 is 0 Å². The fraction of sp³-hybridized carbons (Fsp3) is 0.500. The SMILES string of the molecule is NCC1(Cc2cccc(F)c2Cl)CCCS1. The summed E-state index contributed by atoms with van der Waals surface area (Å²) in [6.07, 6.45) is 3.06. The van der Waals surface area contributed by atoms with Crippen LogP contribution in [0, 0.1) is 5.82 Å². The average molecular weight is 260 g/mol. The van der Waals surface area contributed by atoms with Gasteiger partial charge in [0.2, 0.25) is 0 Å². The van der Waals surface area contributed by atoms with E-state index in [0.717, 1.165) is 24.2 Å². The molecule has 1 aliphatic rings. The zero-order chi connectivity index (χ0) is 11.6. The molecule has 88 valence electrons. The molecule has 2 N–H and O–H groups in total. The Morgan fingerprint density at radius 2 is 2.31 bits per heavy atom. The molecule has 1 aromatic rings. The molecule has 16 heavy (non-hydrogen) atoms. The maximum absolute atomic E-state index is 13.3. The zero-order valence-electron chi connectivity index (χ0n) is 9.01. The van der Waals surface area contributed by atoms with Crippen molar-refractivity contribution in [2.75, 3.05) is 12.3 Å². The van der Waals surface area contributed by atoms with E-state index in [-0.39, 0.29) is 15.6 Å². The van der Waals surface area contributed by atoms with Crippen LogP contribution in [0.5, 0.6) is 0 Å². The average Bonchev–Trinajstić information content (AvgIpc) is 2.74. The van der Waals surface area contributed by atoms with Crippen molar-refractivity contribution in [2.45, 2.75) is 24.0 Å². The van der Waals surface area contributed by atoms with Gasteiger partial charge in [-0.2, -0.15) is 11.8 Å². The van der Waals surface area contributed by atoms with Gasteiger partial charge in [0.1, 0.15) is 5.82 Å². The first-order chi connectivity index (χ1) is 7.67. The van der Waals surface area contributed by atoms with Crippen LogP contribution in [0.1, 0.15) is 18.4 Å². The van der Waals surface area contributed by atoms with Gasteiger partial charge in [-0.3, -0.25) is 0 Å². The van der Waals surface area contributed by atoms with E-state index in [0.29, 0.717) is 6.54 Å². The molecule has 0 aliphatic carbocycles. The van der Waals surface area contributed by atoms with Gasteiger partial charge in [-0.25, -0.2) is 4.39 Å². The van der Waals surface area contributed by atoms with Crippen molar-refractivity contribution >= 4 is 23.4 Å². The topological polar surface area (TPSA) is 26.0 Å². The first-order valence-corrected chi connectivity index (χ1v) is 6.80. The lowest BCUT2D eigenvalue weighted by atomic mass is 9.94. The molecule has 1 aromatic carbocycles. The van der Waals surface area contributed by atoms with Gasteiger partial charge in [-0.05, 0) is 36.6 Å². The van der Waals surface area contributed by atoms with E-state index in [9.17, 15) is 4.39 Å². The van der Waals surface area contributed by atoms with Gasteiger partial charge in [0.05, 0.1) is 5.02 Å². The van der Waals surface area contributed by atoms with Crippen LogP contribution in [0.4, 0.5) is 4.39 Å². The normalized spacial score (nSPS) is 24.9. The van der Waals surface area contributed by atoms with Crippen LogP contribution >= 0.6 is 23.4 Å². The molecule has 0 radical (unpaired) electrons. The lowest BCUT2D eigenvalue weighted by Crippen LogP contribution is -2.34. The highest BCUT2D eigenvalue weighted by molar-refractivity contribution is 8.00. The molecule has 0 saturated carbocycles. The molecular weight excluding hydrogens is 245 g/mol. The van der Waals surface area contributed by atoms with E-state index in [4.69, 9.17) is 17.3 Å². The molecule has 0 aromatic heterocycles. The summed E-state index contributed by atoms with van der Waals surface area (Å²) in [5, 5.41) is 0.253. The summed E-state index contributed by atoms with van der Waals surface area (Å²) in [5.74, 6) is 0.804. The fourth-order valence-corrected chi connectivity index (χ4v) is 3.74. The van der Waals surface area contributed by atoms with Gasteiger partial charge >= 0.3 is 0 Å². The molecule has 1 unspecified atom stereocenters. The van der Waals surface area contributed by atoms with Gasteiger partial charge in [-0.15, -0.1) is 0 Å². The Morgan fingerprint density at radius 3 is 2.94 bits per heavy atom. The number of thioether (sulfide) groups is 1. The highest BCUT2D eigenvalue weighted by Gasteiger charge is 2.34. The maximum atomic E-state index is 13.3. The molecule has 0 spiro atoms. The number of benzene rings is 1. The number of hydrogen-bond acceptors (Lipinski definition) is 2. The predicted molar refractivity (Wildman–Crippen MR) is 68.6 cm³/mol. The van der Waals surface area contributed by atoms with Crippen molar-refractivity contribution < 1.29 is 4.39 Å². The second-order valence-corrected chi connectivity index (χ2v) is 6.17. The van der Waals surface area contributed by atoms with E-state index in [1.54, 1.807) is 6.07 Å². The van der Waals surface area contributed by atoms with Gasteiger partial charge in [-0.1, -0.05) is 23.7 Å². The third-order valence-electron chi connectivity index (χ3n) is 3.10. The van der Waals surface area contributed by atoms with E-state index < -0.39 is 0 Å². The van der Waals surface area contributed by atoms with Gasteiger partial charge in [0.25, 0.3) is 0 Å². The Bertz CT molecular complexity index is 377. The summed E-state index contributed by atoms with van der Waals surface area (Å²) in [5.41, 5.74) is 6.72. The smallest absolute Gasteiger partial charge is 0.142 e. The maximum Gasteiger partial charge on any atom is 0.142 e. The van der Waals surface area contributed by atoms with Crippen LogP contribution in [-0.2, 0) is 6.42 Å². The zero-order valence-corrected chi connectivity index (χ0v) is 10.6. The molecular formula is C12H15ClFNS. The van der Waals surface area contributed by atoms with Gasteiger partial charge in [0, 0.05) is 11.3 Å². The second-order valence-electron chi connectivity index (χ2n) is 4.23. The van der Waals surface area contributed by atoms with E-state index in [2.05, 4.69) is 0 Å². The van der Waals surface area contributed by atoms with Gasteiger partial charge in [0.15, 0.2) is 0 Å². The summed E-state index contributed by atoms with van der Waals surface area (Å²) in [6.45, 7) is 0.629. The Hall–Kier alpha value is -0.250. The number of halogens is 2. The monoisotopic (exact) mass is 259 g/mol. The third-order valence-corrected chi connectivity index (χ3v) is 5.14. The standard InChI is InChI=1S/C12H15ClFNS/c13-11-9(3-1-4-10(11)14)7-12(8-15)5-2-6-16-12/h1,3-4H,2,5-8,15H2. The summed E-state index contributed by atoms with van der Waals surface area (Å²) in [4.78, 5) is 0. The van der Waals surface area contributed by atoms with Crippen molar-refractivity contribution in [2.24, 2.45) is 5.73 Å². The van der Waals surface area contributed by atoms with Crippen molar-refractivity contribution in [3.05, 3.63) is 34.6 Å². The van der Waals surface area contributed by atoms with Crippen molar-refractivity contribution in [3.8, 4) is 0 Å². The minimum Gasteiger partial charge on any atom is -0.329 e. The van der Waals surface area contributed by atoms with Crippen molar-refractivity contribution in [1.82, 2.24) is 0 Å². The molecule has 1 fully saturated rings. The number of nitrogens with two attached hydrogens (primary N) is 1. The second kappa shape index (κ2) is 4.94. The molecule has 1 atom stereocenters. The summed E-state index contributed by atoms with van der Waals surface area (Å²) in [6, 6.07) is 4.99. The summed E-state index contributed by atoms with van der Waals surface area (Å²) in [7, 11) is 0. The van der Waals surface area contributed by atoms with Crippen LogP contribution in [0.25, 0.3) is 0 Å². The Balaban J connectivity index is 2.22. The minimum atomic E-state index is -0.339. The van der Waals surface area contributed by atoms with Crippen LogP contribution in [0.3, 0.4) is 0 Å². The lowest BCUT2D eigenvalue weighted by molar-refractivity contribution is 0.560. The van der Waals surface area contributed by atoms with Crippen molar-refractivity contribution in [1.29, 1.82) is 0 Å². The molecule has 2 rings (SSSR count). The van der Waals surface area contributed by atoms with Crippen LogP contribution < -0.4 is 5.73 Å². The third kappa shape index (κ3) is 2.36. The lowest BCUT2D eigenvalue weighted by Gasteiger charge is -2.26. The highest BCUT2D eigenvalue weighted by Crippen LogP contribution is 2.41. The number of hydrogen-bond donors (Lipinski definition) is 1. The summed E-state index contributed by atoms with van der Waals surface area (Å²) < 4.78 is 13.4. The molecule has 0 bridgehead atoms.